The summed E-state index contributed by atoms with van der Waals surface area (Å²) in [5.41, 5.74) is 3.66. The maximum absolute atomic E-state index is 12.9. The van der Waals surface area contributed by atoms with Crippen LogP contribution < -0.4 is 5.32 Å². The van der Waals surface area contributed by atoms with Crippen molar-refractivity contribution < 1.29 is 23.1 Å². The highest BCUT2D eigenvalue weighted by atomic mass is 19.1. The molecule has 0 aliphatic rings. The molecule has 6 nitrogen and oxygen atoms in total. The standard InChI is InChI=1S/C24H25FN2O4/c1-16-13-20(17(2)27(16)15-22-5-4-12-30-22)8-11-23(28)31-18(3)24(29)26-14-19-6-9-21(25)10-7-19/h4-13,18H,14-15H2,1-3H3,(H,26,29)/b11-8+/t18-/m0/s1. The first-order valence-corrected chi connectivity index (χ1v) is 9.93. The lowest BCUT2D eigenvalue weighted by atomic mass is 10.2. The molecule has 0 fully saturated rings. The SMILES string of the molecule is Cc1cc(/C=C/C(=O)O[C@@H](C)C(=O)NCc2ccc(F)cc2)c(C)n1Cc1ccco1. The molecule has 7 heteroatoms. The predicted octanol–water partition coefficient (Wildman–Crippen LogP) is 4.15. The van der Waals surface area contributed by atoms with Crippen LogP contribution in [0.3, 0.4) is 0 Å². The summed E-state index contributed by atoms with van der Waals surface area (Å²) in [5, 5.41) is 2.66. The molecule has 0 saturated heterocycles. The number of hydrogen-bond donors (Lipinski definition) is 1. The van der Waals surface area contributed by atoms with Gasteiger partial charge >= 0.3 is 5.97 Å². The van der Waals surface area contributed by atoms with E-state index in [2.05, 4.69) is 9.88 Å². The Morgan fingerprint density at radius 2 is 1.97 bits per heavy atom. The summed E-state index contributed by atoms with van der Waals surface area (Å²) in [6.45, 7) is 6.28. The van der Waals surface area contributed by atoms with Crippen molar-refractivity contribution in [1.82, 2.24) is 9.88 Å². The van der Waals surface area contributed by atoms with Gasteiger partial charge < -0.3 is 19.0 Å². The minimum atomic E-state index is -0.955. The zero-order valence-electron chi connectivity index (χ0n) is 17.7. The van der Waals surface area contributed by atoms with Crippen LogP contribution in [0.2, 0.25) is 0 Å². The van der Waals surface area contributed by atoms with Crippen LogP contribution in [-0.4, -0.2) is 22.5 Å². The quantitative estimate of drug-likeness (QED) is 0.436. The lowest BCUT2D eigenvalue weighted by molar-refractivity contribution is -0.150. The van der Waals surface area contributed by atoms with Crippen molar-refractivity contribution in [2.45, 2.75) is 40.0 Å². The van der Waals surface area contributed by atoms with Crippen molar-refractivity contribution in [2.75, 3.05) is 0 Å². The van der Waals surface area contributed by atoms with Crippen LogP contribution in [0.25, 0.3) is 6.08 Å². The molecular weight excluding hydrogens is 399 g/mol. The van der Waals surface area contributed by atoms with Crippen molar-refractivity contribution in [3.63, 3.8) is 0 Å². The third-order valence-corrected chi connectivity index (χ3v) is 4.95. The number of esters is 1. The van der Waals surface area contributed by atoms with Gasteiger partial charge in [-0.2, -0.15) is 0 Å². The number of amides is 1. The molecule has 1 amide bonds. The van der Waals surface area contributed by atoms with E-state index in [4.69, 9.17) is 9.15 Å². The number of benzene rings is 1. The molecule has 0 aliphatic heterocycles. The average molecular weight is 424 g/mol. The van der Waals surface area contributed by atoms with E-state index < -0.39 is 18.0 Å². The molecule has 0 spiro atoms. The minimum absolute atomic E-state index is 0.221. The van der Waals surface area contributed by atoms with Gasteiger partial charge in [-0.25, -0.2) is 9.18 Å². The van der Waals surface area contributed by atoms with Gasteiger partial charge in [0.15, 0.2) is 6.10 Å². The number of aromatic nitrogens is 1. The first-order valence-electron chi connectivity index (χ1n) is 9.93. The van der Waals surface area contributed by atoms with Crippen LogP contribution in [0, 0.1) is 19.7 Å². The molecule has 31 heavy (non-hydrogen) atoms. The summed E-state index contributed by atoms with van der Waals surface area (Å²) >= 11 is 0. The number of nitrogens with one attached hydrogen (secondary N) is 1. The van der Waals surface area contributed by atoms with Crippen LogP contribution in [0.5, 0.6) is 0 Å². The second-order valence-corrected chi connectivity index (χ2v) is 7.25. The fraction of sp³-hybridized carbons (Fsp3) is 0.250. The Labute approximate surface area is 180 Å². The normalized spacial score (nSPS) is 12.1. The second-order valence-electron chi connectivity index (χ2n) is 7.25. The molecule has 0 aliphatic carbocycles. The van der Waals surface area contributed by atoms with Gasteiger partial charge in [0.25, 0.3) is 5.91 Å². The number of ether oxygens (including phenoxy) is 1. The van der Waals surface area contributed by atoms with E-state index in [0.717, 1.165) is 28.3 Å². The first kappa shape index (κ1) is 22.1. The Morgan fingerprint density at radius 3 is 2.65 bits per heavy atom. The summed E-state index contributed by atoms with van der Waals surface area (Å²) in [6, 6.07) is 11.5. The van der Waals surface area contributed by atoms with Gasteiger partial charge in [-0.1, -0.05) is 12.1 Å². The monoisotopic (exact) mass is 424 g/mol. The minimum Gasteiger partial charge on any atom is -0.467 e. The molecule has 0 unspecified atom stereocenters. The van der Waals surface area contributed by atoms with Crippen LogP contribution in [0.4, 0.5) is 4.39 Å². The van der Waals surface area contributed by atoms with E-state index in [1.807, 2.05) is 32.0 Å². The molecule has 2 aromatic heterocycles. The smallest absolute Gasteiger partial charge is 0.331 e. The number of nitrogens with zero attached hydrogens (tertiary/aromatic N) is 1. The maximum atomic E-state index is 12.9. The number of carbonyl (C=O) groups excluding carboxylic acids is 2. The summed E-state index contributed by atoms with van der Waals surface area (Å²) in [6.07, 6.45) is 3.66. The number of halogens is 1. The van der Waals surface area contributed by atoms with Crippen LogP contribution in [0.1, 0.15) is 35.2 Å². The third kappa shape index (κ3) is 5.94. The van der Waals surface area contributed by atoms with Gasteiger partial charge in [0, 0.05) is 24.0 Å². The predicted molar refractivity (Wildman–Crippen MR) is 115 cm³/mol. The largest absolute Gasteiger partial charge is 0.467 e. The Hall–Kier alpha value is -3.61. The summed E-state index contributed by atoms with van der Waals surface area (Å²) in [4.78, 5) is 24.3. The van der Waals surface area contributed by atoms with Crippen LogP contribution >= 0.6 is 0 Å². The molecule has 2 heterocycles. The van der Waals surface area contributed by atoms with Crippen molar-refractivity contribution in [1.29, 1.82) is 0 Å². The van der Waals surface area contributed by atoms with E-state index in [1.54, 1.807) is 24.5 Å². The summed E-state index contributed by atoms with van der Waals surface area (Å²) < 4.78 is 25.6. The highest BCUT2D eigenvalue weighted by Gasteiger charge is 2.16. The van der Waals surface area contributed by atoms with Crippen molar-refractivity contribution >= 4 is 18.0 Å². The van der Waals surface area contributed by atoms with E-state index in [-0.39, 0.29) is 12.4 Å². The van der Waals surface area contributed by atoms with Gasteiger partial charge in [0.1, 0.15) is 11.6 Å². The van der Waals surface area contributed by atoms with Crippen molar-refractivity contribution in [2.24, 2.45) is 0 Å². The Kier molecular flexibility index (Phi) is 7.07. The lowest BCUT2D eigenvalue weighted by Gasteiger charge is -2.12. The third-order valence-electron chi connectivity index (χ3n) is 4.95. The van der Waals surface area contributed by atoms with E-state index in [9.17, 15) is 14.0 Å². The summed E-state index contributed by atoms with van der Waals surface area (Å²) in [7, 11) is 0. The molecule has 162 valence electrons. The van der Waals surface area contributed by atoms with Crippen molar-refractivity contribution in [3.05, 3.63) is 88.9 Å². The molecule has 3 aromatic rings. The van der Waals surface area contributed by atoms with Gasteiger partial charge in [0.2, 0.25) is 0 Å². The molecular formula is C24H25FN2O4. The molecule has 0 saturated carbocycles. The highest BCUT2D eigenvalue weighted by molar-refractivity contribution is 5.90. The molecule has 0 bridgehead atoms. The van der Waals surface area contributed by atoms with Gasteiger partial charge in [-0.15, -0.1) is 0 Å². The van der Waals surface area contributed by atoms with Gasteiger partial charge in [-0.05, 0) is 68.3 Å². The summed E-state index contributed by atoms with van der Waals surface area (Å²) in [5.74, 6) is -0.536. The van der Waals surface area contributed by atoms with Crippen molar-refractivity contribution in [3.8, 4) is 0 Å². The van der Waals surface area contributed by atoms with Crippen LogP contribution in [0.15, 0.2) is 59.2 Å². The second kappa shape index (κ2) is 9.93. The van der Waals surface area contributed by atoms with Gasteiger partial charge in [0.05, 0.1) is 12.8 Å². The Bertz CT molecular complexity index is 1070. The topological polar surface area (TPSA) is 73.5 Å². The average Bonchev–Trinajstić information content (AvgIpc) is 3.35. The Morgan fingerprint density at radius 1 is 1.23 bits per heavy atom. The maximum Gasteiger partial charge on any atom is 0.331 e. The lowest BCUT2D eigenvalue weighted by Crippen LogP contribution is -2.35. The van der Waals surface area contributed by atoms with E-state index >= 15 is 0 Å². The number of rotatable bonds is 8. The fourth-order valence-corrected chi connectivity index (χ4v) is 3.16. The number of aryl methyl sites for hydroxylation is 1. The van der Waals surface area contributed by atoms with E-state index in [0.29, 0.717) is 6.54 Å². The highest BCUT2D eigenvalue weighted by Crippen LogP contribution is 2.19. The molecule has 1 atom stereocenters. The molecule has 1 aromatic carbocycles. The molecule has 1 N–H and O–H groups in total. The Balaban J connectivity index is 1.53. The zero-order chi connectivity index (χ0) is 22.4. The number of carbonyl (C=O) groups is 2. The number of hydrogen-bond acceptors (Lipinski definition) is 4. The first-order chi connectivity index (χ1) is 14.8. The molecule has 3 rings (SSSR count). The van der Waals surface area contributed by atoms with E-state index in [1.165, 1.54) is 25.1 Å². The zero-order valence-corrected chi connectivity index (χ0v) is 17.7. The molecule has 0 radical (unpaired) electrons. The van der Waals surface area contributed by atoms with Crippen LogP contribution in [-0.2, 0) is 27.4 Å². The fourth-order valence-electron chi connectivity index (χ4n) is 3.16. The van der Waals surface area contributed by atoms with Gasteiger partial charge in [-0.3, -0.25) is 4.79 Å². The number of furan rings is 1.